The third-order valence-corrected chi connectivity index (χ3v) is 2.78. The van der Waals surface area contributed by atoms with Gasteiger partial charge in [0.05, 0.1) is 13.0 Å². The topological polar surface area (TPSA) is 21.3 Å². The van der Waals surface area contributed by atoms with Crippen LogP contribution in [-0.4, -0.2) is 32.0 Å². The lowest BCUT2D eigenvalue weighted by Crippen LogP contribution is -2.27. The molecule has 16 heavy (non-hydrogen) atoms. The Bertz CT molecular complexity index is 179. The Morgan fingerprint density at radius 2 is 1.81 bits per heavy atom. The van der Waals surface area contributed by atoms with E-state index in [2.05, 4.69) is 5.32 Å². The zero-order valence-corrected chi connectivity index (χ0v) is 9.48. The van der Waals surface area contributed by atoms with E-state index in [1.54, 1.807) is 0 Å². The summed E-state index contributed by atoms with van der Waals surface area (Å²) in [7, 11) is 0. The molecule has 0 unspecified atom stereocenters. The first-order valence-electron chi connectivity index (χ1n) is 5.96. The number of ether oxygens (including phenoxy) is 1. The molecule has 1 fully saturated rings. The monoisotopic (exact) mass is 239 g/mol. The second-order valence-electron chi connectivity index (χ2n) is 4.27. The fourth-order valence-corrected chi connectivity index (χ4v) is 1.90. The zero-order chi connectivity index (χ0) is 11.9. The van der Waals surface area contributed by atoms with Crippen LogP contribution in [0.3, 0.4) is 0 Å². The first-order chi connectivity index (χ1) is 7.58. The van der Waals surface area contributed by atoms with Gasteiger partial charge in [-0.1, -0.05) is 12.8 Å². The van der Waals surface area contributed by atoms with Gasteiger partial charge in [0.25, 0.3) is 0 Å². The lowest BCUT2D eigenvalue weighted by Gasteiger charge is -2.11. The molecule has 1 rings (SSSR count). The molecular weight excluding hydrogens is 219 g/mol. The maximum Gasteiger partial charge on any atom is 0.391 e. The van der Waals surface area contributed by atoms with Gasteiger partial charge >= 0.3 is 6.18 Å². The summed E-state index contributed by atoms with van der Waals surface area (Å²) in [6, 6.07) is 0.621. The van der Waals surface area contributed by atoms with Crippen molar-refractivity contribution in [3.05, 3.63) is 0 Å². The van der Waals surface area contributed by atoms with Gasteiger partial charge in [-0.2, -0.15) is 13.2 Å². The fraction of sp³-hybridized carbons (Fsp3) is 1.00. The van der Waals surface area contributed by atoms with Gasteiger partial charge in [-0.3, -0.25) is 0 Å². The van der Waals surface area contributed by atoms with E-state index < -0.39 is 12.6 Å². The normalized spacial score (nSPS) is 18.2. The summed E-state index contributed by atoms with van der Waals surface area (Å²) in [5, 5.41) is 3.39. The number of halogens is 3. The molecule has 0 saturated heterocycles. The maximum absolute atomic E-state index is 11.7. The highest BCUT2D eigenvalue weighted by atomic mass is 19.4. The highest BCUT2D eigenvalue weighted by Gasteiger charge is 2.26. The second kappa shape index (κ2) is 7.12. The Hall–Kier alpha value is -0.290. The van der Waals surface area contributed by atoms with Crippen molar-refractivity contribution >= 4 is 0 Å². The molecule has 2 nitrogen and oxygen atoms in total. The van der Waals surface area contributed by atoms with Crippen molar-refractivity contribution in [2.75, 3.05) is 19.8 Å². The van der Waals surface area contributed by atoms with Gasteiger partial charge in [-0.05, 0) is 25.8 Å². The summed E-state index contributed by atoms with van der Waals surface area (Å²) >= 11 is 0. The van der Waals surface area contributed by atoms with E-state index in [1.165, 1.54) is 25.7 Å². The molecule has 0 aromatic carbocycles. The van der Waals surface area contributed by atoms with Crippen LogP contribution in [0.5, 0.6) is 0 Å². The molecule has 0 bridgehead atoms. The molecule has 5 heteroatoms. The molecule has 96 valence electrons. The van der Waals surface area contributed by atoms with Gasteiger partial charge in [0, 0.05) is 12.6 Å². The summed E-state index contributed by atoms with van der Waals surface area (Å²) < 4.78 is 40.1. The van der Waals surface area contributed by atoms with Crippen LogP contribution in [0.1, 0.15) is 38.5 Å². The smallest absolute Gasteiger partial charge is 0.381 e. The van der Waals surface area contributed by atoms with E-state index in [-0.39, 0.29) is 6.61 Å². The van der Waals surface area contributed by atoms with Crippen molar-refractivity contribution < 1.29 is 17.9 Å². The van der Waals surface area contributed by atoms with E-state index in [0.29, 0.717) is 12.6 Å². The van der Waals surface area contributed by atoms with Crippen LogP contribution in [0.4, 0.5) is 13.2 Å². The Labute approximate surface area is 94.5 Å². The van der Waals surface area contributed by atoms with E-state index in [1.807, 2.05) is 0 Å². The minimum absolute atomic E-state index is 0.215. The molecule has 0 aromatic heterocycles. The standard InChI is InChI=1S/C11H20F3NO/c12-11(13,14)6-9-16-8-3-7-15-10-4-1-2-5-10/h10,15H,1-9H2. The average Bonchev–Trinajstić information content (AvgIpc) is 2.67. The predicted molar refractivity (Wildman–Crippen MR) is 56.4 cm³/mol. The molecular formula is C11H20F3NO. The van der Waals surface area contributed by atoms with Crippen LogP contribution >= 0.6 is 0 Å². The number of nitrogens with one attached hydrogen (secondary N) is 1. The first kappa shape index (κ1) is 13.8. The molecule has 0 spiro atoms. The fourth-order valence-electron chi connectivity index (χ4n) is 1.90. The van der Waals surface area contributed by atoms with Crippen molar-refractivity contribution in [3.8, 4) is 0 Å². The minimum Gasteiger partial charge on any atom is -0.381 e. The second-order valence-corrected chi connectivity index (χ2v) is 4.27. The lowest BCUT2D eigenvalue weighted by atomic mass is 10.2. The summed E-state index contributed by atoms with van der Waals surface area (Å²) in [5.41, 5.74) is 0. The Morgan fingerprint density at radius 1 is 1.12 bits per heavy atom. The van der Waals surface area contributed by atoms with Crippen LogP contribution in [0, 0.1) is 0 Å². The van der Waals surface area contributed by atoms with Crippen LogP contribution in [0.15, 0.2) is 0 Å². The molecule has 1 saturated carbocycles. The van der Waals surface area contributed by atoms with Crippen molar-refractivity contribution in [3.63, 3.8) is 0 Å². The Morgan fingerprint density at radius 3 is 2.44 bits per heavy atom. The van der Waals surface area contributed by atoms with Crippen LogP contribution < -0.4 is 5.32 Å². The minimum atomic E-state index is -4.10. The molecule has 0 amide bonds. The molecule has 1 N–H and O–H groups in total. The average molecular weight is 239 g/mol. The Kier molecular flexibility index (Phi) is 6.13. The van der Waals surface area contributed by atoms with Crippen molar-refractivity contribution in [2.45, 2.75) is 50.7 Å². The van der Waals surface area contributed by atoms with E-state index in [9.17, 15) is 13.2 Å². The quantitative estimate of drug-likeness (QED) is 0.690. The number of hydrogen-bond acceptors (Lipinski definition) is 2. The summed E-state index contributed by atoms with van der Waals surface area (Å²) in [6.45, 7) is 1.04. The van der Waals surface area contributed by atoms with Gasteiger partial charge < -0.3 is 10.1 Å². The molecule has 0 radical (unpaired) electrons. The number of hydrogen-bond donors (Lipinski definition) is 1. The molecule has 0 heterocycles. The van der Waals surface area contributed by atoms with Gasteiger partial charge in [0.2, 0.25) is 0 Å². The van der Waals surface area contributed by atoms with Crippen LogP contribution in [0.25, 0.3) is 0 Å². The number of alkyl halides is 3. The zero-order valence-electron chi connectivity index (χ0n) is 9.48. The molecule has 0 aromatic rings. The van der Waals surface area contributed by atoms with Crippen molar-refractivity contribution in [2.24, 2.45) is 0 Å². The third-order valence-electron chi connectivity index (χ3n) is 2.78. The maximum atomic E-state index is 11.7. The molecule has 1 aliphatic rings. The first-order valence-corrected chi connectivity index (χ1v) is 5.96. The van der Waals surface area contributed by atoms with Crippen LogP contribution in [-0.2, 0) is 4.74 Å². The van der Waals surface area contributed by atoms with Crippen molar-refractivity contribution in [1.29, 1.82) is 0 Å². The highest BCUT2D eigenvalue weighted by Crippen LogP contribution is 2.19. The Balaban J connectivity index is 1.81. The van der Waals surface area contributed by atoms with Crippen LogP contribution in [0.2, 0.25) is 0 Å². The largest absolute Gasteiger partial charge is 0.391 e. The summed E-state index contributed by atoms with van der Waals surface area (Å²) in [4.78, 5) is 0. The lowest BCUT2D eigenvalue weighted by molar-refractivity contribution is -0.145. The van der Waals surface area contributed by atoms with E-state index in [0.717, 1.165) is 13.0 Å². The van der Waals surface area contributed by atoms with Gasteiger partial charge in [0.15, 0.2) is 0 Å². The molecule has 0 atom stereocenters. The summed E-state index contributed by atoms with van der Waals surface area (Å²) in [5.74, 6) is 0. The van der Waals surface area contributed by atoms with E-state index >= 15 is 0 Å². The van der Waals surface area contributed by atoms with Gasteiger partial charge in [-0.15, -0.1) is 0 Å². The summed E-state index contributed by atoms with van der Waals surface area (Å²) in [6.07, 6.45) is 0.892. The predicted octanol–water partition coefficient (Wildman–Crippen LogP) is 2.88. The number of rotatable bonds is 7. The third kappa shape index (κ3) is 7.06. The van der Waals surface area contributed by atoms with Gasteiger partial charge in [-0.25, -0.2) is 0 Å². The molecule has 1 aliphatic carbocycles. The molecule has 0 aliphatic heterocycles. The highest BCUT2D eigenvalue weighted by molar-refractivity contribution is 4.73. The SMILES string of the molecule is FC(F)(F)CCOCCCNC1CCCC1. The van der Waals surface area contributed by atoms with Gasteiger partial charge in [0.1, 0.15) is 0 Å². The van der Waals surface area contributed by atoms with E-state index in [4.69, 9.17) is 4.74 Å². The van der Waals surface area contributed by atoms with Crippen molar-refractivity contribution in [1.82, 2.24) is 5.32 Å².